The molecule has 7 nitrogen and oxygen atoms in total. The Labute approximate surface area is 149 Å². The van der Waals surface area contributed by atoms with E-state index in [-0.39, 0.29) is 12.1 Å². The zero-order chi connectivity index (χ0) is 18.3. The number of nitrogens with zero attached hydrogens (tertiary/aromatic N) is 5. The number of hydrogen-bond acceptors (Lipinski definition) is 5. The third kappa shape index (κ3) is 2.72. The molecule has 0 atom stereocenters. The first kappa shape index (κ1) is 16.0. The molecule has 0 aliphatic heterocycles. The van der Waals surface area contributed by atoms with Crippen LogP contribution in [0.25, 0.3) is 22.6 Å². The number of nitrogens with two attached hydrogens (primary N) is 1. The van der Waals surface area contributed by atoms with E-state index in [9.17, 15) is 4.79 Å². The topological polar surface area (TPSA) is 90.6 Å². The molecule has 7 heteroatoms. The maximum absolute atomic E-state index is 12.5. The predicted molar refractivity (Wildman–Crippen MR) is 98.8 cm³/mol. The van der Waals surface area contributed by atoms with Crippen molar-refractivity contribution in [1.82, 2.24) is 24.0 Å². The molecule has 26 heavy (non-hydrogen) atoms. The van der Waals surface area contributed by atoms with Gasteiger partial charge in [-0.25, -0.2) is 9.50 Å². The molecule has 4 rings (SSSR count). The molecule has 0 aromatic carbocycles. The van der Waals surface area contributed by atoms with Crippen molar-refractivity contribution in [2.24, 2.45) is 5.73 Å². The van der Waals surface area contributed by atoms with Gasteiger partial charge in [0.2, 0.25) is 0 Å². The average Bonchev–Trinajstić information content (AvgIpc) is 3.04. The van der Waals surface area contributed by atoms with Crippen LogP contribution in [0.3, 0.4) is 0 Å². The maximum Gasteiger partial charge on any atom is 0.258 e. The smallest absolute Gasteiger partial charge is 0.258 e. The van der Waals surface area contributed by atoms with Gasteiger partial charge < -0.3 is 5.73 Å². The fourth-order valence-electron chi connectivity index (χ4n) is 2.88. The predicted octanol–water partition coefficient (Wildman–Crippen LogP) is 1.33. The number of fused-ring (bicyclic) bond motifs is 2. The third-order valence-electron chi connectivity index (χ3n) is 4.02. The summed E-state index contributed by atoms with van der Waals surface area (Å²) in [5, 5.41) is 4.54. The molecule has 0 aliphatic rings. The lowest BCUT2D eigenvalue weighted by molar-refractivity contribution is 0.914. The number of aromatic nitrogens is 5. The van der Waals surface area contributed by atoms with Gasteiger partial charge in [0.25, 0.3) is 5.56 Å². The van der Waals surface area contributed by atoms with Crippen LogP contribution in [-0.4, -0.2) is 30.5 Å². The molecule has 2 N–H and O–H groups in total. The van der Waals surface area contributed by atoms with Crippen LogP contribution in [-0.2, 0) is 0 Å². The van der Waals surface area contributed by atoms with E-state index >= 15 is 0 Å². The van der Waals surface area contributed by atoms with Gasteiger partial charge in [-0.1, -0.05) is 11.8 Å². The van der Waals surface area contributed by atoms with Crippen molar-refractivity contribution in [2.75, 3.05) is 6.54 Å². The van der Waals surface area contributed by atoms with Gasteiger partial charge in [-0.2, -0.15) is 5.10 Å². The lowest BCUT2D eigenvalue weighted by Gasteiger charge is -2.02. The fourth-order valence-corrected chi connectivity index (χ4v) is 2.88. The second-order valence-electron chi connectivity index (χ2n) is 5.96. The number of pyridine rings is 1. The van der Waals surface area contributed by atoms with Crippen LogP contribution < -0.4 is 11.3 Å². The quantitative estimate of drug-likeness (QED) is 0.526. The second-order valence-corrected chi connectivity index (χ2v) is 5.96. The molecule has 4 aromatic heterocycles. The van der Waals surface area contributed by atoms with Crippen molar-refractivity contribution in [3.63, 3.8) is 0 Å². The fraction of sp³-hybridized carbons (Fsp3) is 0.158. The van der Waals surface area contributed by atoms with Crippen LogP contribution in [0.1, 0.15) is 17.0 Å². The maximum atomic E-state index is 12.5. The average molecular weight is 344 g/mol. The zero-order valence-electron chi connectivity index (χ0n) is 14.4. The Morgan fingerprint density at radius 2 is 1.96 bits per heavy atom. The molecule has 0 saturated heterocycles. The molecule has 4 heterocycles. The highest BCUT2D eigenvalue weighted by molar-refractivity contribution is 5.66. The summed E-state index contributed by atoms with van der Waals surface area (Å²) in [5.74, 6) is 5.69. The first-order valence-electron chi connectivity index (χ1n) is 8.11. The monoisotopic (exact) mass is 344 g/mol. The highest BCUT2D eigenvalue weighted by Gasteiger charge is 2.11. The third-order valence-corrected chi connectivity index (χ3v) is 4.02. The highest BCUT2D eigenvalue weighted by Crippen LogP contribution is 2.19. The minimum Gasteiger partial charge on any atom is -0.320 e. The van der Waals surface area contributed by atoms with Gasteiger partial charge in [0.1, 0.15) is 11.3 Å². The van der Waals surface area contributed by atoms with Crippen LogP contribution in [0, 0.1) is 25.7 Å². The van der Waals surface area contributed by atoms with Crippen LogP contribution in [0.15, 0.2) is 41.5 Å². The molecule has 128 valence electrons. The van der Waals surface area contributed by atoms with Crippen molar-refractivity contribution in [3.05, 3.63) is 64.0 Å². The van der Waals surface area contributed by atoms with E-state index in [1.165, 1.54) is 10.5 Å². The Morgan fingerprint density at radius 3 is 2.77 bits per heavy atom. The van der Waals surface area contributed by atoms with Gasteiger partial charge in [0.15, 0.2) is 0 Å². The normalized spacial score (nSPS) is 10.9. The molecular formula is C19H16N6O. The van der Waals surface area contributed by atoms with Crippen LogP contribution in [0.4, 0.5) is 0 Å². The molecule has 0 radical (unpaired) electrons. The van der Waals surface area contributed by atoms with Crippen LogP contribution in [0.5, 0.6) is 0 Å². The second kappa shape index (κ2) is 6.10. The van der Waals surface area contributed by atoms with Gasteiger partial charge in [0, 0.05) is 17.8 Å². The molecule has 0 aliphatic carbocycles. The molecule has 0 unspecified atom stereocenters. The molecular weight excluding hydrogens is 328 g/mol. The lowest BCUT2D eigenvalue weighted by atomic mass is 10.2. The van der Waals surface area contributed by atoms with Gasteiger partial charge in [-0.05, 0) is 32.0 Å². The van der Waals surface area contributed by atoms with E-state index in [1.54, 1.807) is 16.8 Å². The first-order chi connectivity index (χ1) is 12.5. The molecule has 0 bridgehead atoms. The van der Waals surface area contributed by atoms with Crippen LogP contribution >= 0.6 is 0 Å². The summed E-state index contributed by atoms with van der Waals surface area (Å²) < 4.78 is 3.23. The van der Waals surface area contributed by atoms with Gasteiger partial charge in [-0.15, -0.1) is 0 Å². The summed E-state index contributed by atoms with van der Waals surface area (Å²) >= 11 is 0. The SMILES string of the molecule is Cc1cn2nc(-c3cc(=O)n4cc(C#CCN)ccc4n3)cc2c(C)n1. The highest BCUT2D eigenvalue weighted by atomic mass is 16.1. The van der Waals surface area contributed by atoms with E-state index < -0.39 is 0 Å². The zero-order valence-corrected chi connectivity index (χ0v) is 14.4. The van der Waals surface area contributed by atoms with E-state index in [1.807, 2.05) is 32.2 Å². The van der Waals surface area contributed by atoms with E-state index in [2.05, 4.69) is 26.9 Å². The van der Waals surface area contributed by atoms with E-state index in [0.29, 0.717) is 22.6 Å². The van der Waals surface area contributed by atoms with Gasteiger partial charge in [-0.3, -0.25) is 14.2 Å². The summed E-state index contributed by atoms with van der Waals surface area (Å²) in [4.78, 5) is 21.5. The molecule has 0 fully saturated rings. The summed E-state index contributed by atoms with van der Waals surface area (Å²) in [6.45, 7) is 4.12. The standard InChI is InChI=1S/C19H16N6O/c1-12-10-25-17(13(2)21-12)8-16(23-25)15-9-19(26)24-11-14(4-3-7-20)5-6-18(24)22-15/h5-6,8-11H,7,20H2,1-2H3. The molecule has 0 spiro atoms. The van der Waals surface area contributed by atoms with Crippen molar-refractivity contribution in [2.45, 2.75) is 13.8 Å². The summed E-state index contributed by atoms with van der Waals surface area (Å²) in [6, 6.07) is 6.94. The Hall–Kier alpha value is -3.50. The summed E-state index contributed by atoms with van der Waals surface area (Å²) in [5.41, 5.74) is 10.2. The Balaban J connectivity index is 1.87. The Bertz CT molecular complexity index is 1270. The van der Waals surface area contributed by atoms with E-state index in [4.69, 9.17) is 5.73 Å². The van der Waals surface area contributed by atoms with Crippen molar-refractivity contribution in [1.29, 1.82) is 0 Å². The van der Waals surface area contributed by atoms with Crippen LogP contribution in [0.2, 0.25) is 0 Å². The summed E-state index contributed by atoms with van der Waals surface area (Å²) in [6.07, 6.45) is 3.51. The van der Waals surface area contributed by atoms with Crippen molar-refractivity contribution >= 4 is 11.2 Å². The Morgan fingerprint density at radius 1 is 1.12 bits per heavy atom. The number of aryl methyl sites for hydroxylation is 2. The first-order valence-corrected chi connectivity index (χ1v) is 8.11. The minimum atomic E-state index is -0.190. The van der Waals surface area contributed by atoms with Gasteiger partial charge in [0.05, 0.1) is 35.3 Å². The Kier molecular flexibility index (Phi) is 3.75. The van der Waals surface area contributed by atoms with E-state index in [0.717, 1.165) is 16.9 Å². The largest absolute Gasteiger partial charge is 0.320 e. The lowest BCUT2D eigenvalue weighted by Crippen LogP contribution is -2.14. The summed E-state index contributed by atoms with van der Waals surface area (Å²) in [7, 11) is 0. The molecule has 0 saturated carbocycles. The number of rotatable bonds is 1. The van der Waals surface area contributed by atoms with Crippen molar-refractivity contribution in [3.8, 4) is 23.2 Å². The number of hydrogen-bond donors (Lipinski definition) is 1. The molecule has 4 aromatic rings. The molecule has 0 amide bonds. The minimum absolute atomic E-state index is 0.190. The van der Waals surface area contributed by atoms with Gasteiger partial charge >= 0.3 is 0 Å². The van der Waals surface area contributed by atoms with Crippen molar-refractivity contribution < 1.29 is 0 Å².